The first kappa shape index (κ1) is 24.2. The summed E-state index contributed by atoms with van der Waals surface area (Å²) in [6.45, 7) is 5.25. The molecular formula is C26H24Cl2N2O4. The van der Waals surface area contributed by atoms with E-state index in [1.807, 2.05) is 32.9 Å². The fourth-order valence-electron chi connectivity index (χ4n) is 4.44. The monoisotopic (exact) mass is 498 g/mol. The van der Waals surface area contributed by atoms with Crippen LogP contribution in [0.1, 0.15) is 51.6 Å². The molecule has 1 fully saturated rings. The number of fused-ring (bicyclic) bond motifs is 1. The Morgan fingerprint density at radius 2 is 1.68 bits per heavy atom. The van der Waals surface area contributed by atoms with Crippen LogP contribution in [0.5, 0.6) is 0 Å². The molecule has 2 aromatic rings. The maximum atomic E-state index is 13.6. The van der Waals surface area contributed by atoms with E-state index in [-0.39, 0.29) is 10.6 Å². The third-order valence-corrected chi connectivity index (χ3v) is 7.11. The molecule has 34 heavy (non-hydrogen) atoms. The fraction of sp³-hybridized carbons (Fsp3) is 0.308. The van der Waals surface area contributed by atoms with Crippen molar-refractivity contribution in [2.75, 3.05) is 6.54 Å². The van der Waals surface area contributed by atoms with E-state index >= 15 is 0 Å². The van der Waals surface area contributed by atoms with Gasteiger partial charge in [0.25, 0.3) is 17.7 Å². The number of halogens is 2. The first-order chi connectivity index (χ1) is 16.1. The highest BCUT2D eigenvalue weighted by Crippen LogP contribution is 2.39. The molecule has 176 valence electrons. The molecule has 0 saturated carbocycles. The second kappa shape index (κ2) is 9.35. The summed E-state index contributed by atoms with van der Waals surface area (Å²) in [4.78, 5) is 53.5. The SMILES string of the molecule is CC1=CC[C@H]2C(=O)N(N(CC(=O)c3ccc(C)c(C)c3)C(=O)c3ccc(Cl)cc3Cl)C(=O)[C@H]2C1. The molecule has 0 aromatic heterocycles. The van der Waals surface area contributed by atoms with Gasteiger partial charge in [-0.1, -0.05) is 47.0 Å². The lowest BCUT2D eigenvalue weighted by molar-refractivity contribution is -0.154. The topological polar surface area (TPSA) is 74.8 Å². The van der Waals surface area contributed by atoms with Crippen molar-refractivity contribution in [3.05, 3.63) is 80.3 Å². The molecular weight excluding hydrogens is 475 g/mol. The summed E-state index contributed by atoms with van der Waals surface area (Å²) in [6, 6.07) is 9.54. The van der Waals surface area contributed by atoms with Crippen molar-refractivity contribution in [2.24, 2.45) is 11.8 Å². The number of hydrazine groups is 1. The summed E-state index contributed by atoms with van der Waals surface area (Å²) in [6.07, 6.45) is 2.81. The number of carbonyl (C=O) groups excluding carboxylic acids is 4. The molecule has 2 aromatic carbocycles. The number of aryl methyl sites for hydroxylation is 2. The Balaban J connectivity index is 1.73. The quantitative estimate of drug-likeness (QED) is 0.322. The van der Waals surface area contributed by atoms with Gasteiger partial charge in [-0.15, -0.1) is 0 Å². The van der Waals surface area contributed by atoms with Crippen LogP contribution in [0, 0.1) is 25.7 Å². The van der Waals surface area contributed by atoms with Crippen LogP contribution in [0.15, 0.2) is 48.0 Å². The van der Waals surface area contributed by atoms with E-state index in [2.05, 4.69) is 0 Å². The van der Waals surface area contributed by atoms with Crippen LogP contribution in [0.2, 0.25) is 10.0 Å². The van der Waals surface area contributed by atoms with Gasteiger partial charge in [0.1, 0.15) is 6.54 Å². The van der Waals surface area contributed by atoms with E-state index in [4.69, 9.17) is 23.2 Å². The minimum absolute atomic E-state index is 0.0451. The Bertz CT molecular complexity index is 1250. The summed E-state index contributed by atoms with van der Waals surface area (Å²) >= 11 is 12.2. The van der Waals surface area contributed by atoms with E-state index < -0.39 is 41.9 Å². The lowest BCUT2D eigenvalue weighted by Crippen LogP contribution is -2.52. The lowest BCUT2D eigenvalue weighted by Gasteiger charge is -2.30. The number of hydrogen-bond acceptors (Lipinski definition) is 4. The number of Topliss-reactive ketones (excluding diaryl/α,β-unsaturated/α-hetero) is 1. The molecule has 6 nitrogen and oxygen atoms in total. The summed E-state index contributed by atoms with van der Waals surface area (Å²) in [5, 5.41) is 2.19. The van der Waals surface area contributed by atoms with Gasteiger partial charge in [-0.25, -0.2) is 5.01 Å². The molecule has 2 aliphatic rings. The molecule has 3 amide bonds. The van der Waals surface area contributed by atoms with Crippen molar-refractivity contribution >= 4 is 46.7 Å². The number of imide groups is 1. The molecule has 1 heterocycles. The van der Waals surface area contributed by atoms with E-state index in [0.717, 1.165) is 26.7 Å². The van der Waals surface area contributed by atoms with Gasteiger partial charge in [0.05, 0.1) is 22.4 Å². The van der Waals surface area contributed by atoms with Crippen molar-refractivity contribution in [1.29, 1.82) is 0 Å². The Morgan fingerprint density at radius 1 is 0.971 bits per heavy atom. The zero-order chi connectivity index (χ0) is 24.7. The maximum absolute atomic E-state index is 13.6. The summed E-state index contributed by atoms with van der Waals surface area (Å²) in [7, 11) is 0. The first-order valence-electron chi connectivity index (χ1n) is 11.0. The lowest BCUT2D eigenvalue weighted by atomic mass is 9.82. The Kier molecular flexibility index (Phi) is 6.65. The van der Waals surface area contributed by atoms with Gasteiger partial charge in [-0.2, -0.15) is 5.01 Å². The zero-order valence-electron chi connectivity index (χ0n) is 19.1. The predicted molar refractivity (Wildman–Crippen MR) is 130 cm³/mol. The fourth-order valence-corrected chi connectivity index (χ4v) is 4.92. The predicted octanol–water partition coefficient (Wildman–Crippen LogP) is 5.19. The molecule has 1 aliphatic heterocycles. The molecule has 0 spiro atoms. The van der Waals surface area contributed by atoms with E-state index in [0.29, 0.717) is 23.4 Å². The Morgan fingerprint density at radius 3 is 2.35 bits per heavy atom. The number of amides is 3. The summed E-state index contributed by atoms with van der Waals surface area (Å²) < 4.78 is 0. The van der Waals surface area contributed by atoms with Crippen LogP contribution >= 0.6 is 23.2 Å². The number of nitrogens with zero attached hydrogens (tertiary/aromatic N) is 2. The largest absolute Gasteiger partial charge is 0.292 e. The van der Waals surface area contributed by atoms with Crippen LogP contribution in [0.3, 0.4) is 0 Å². The highest BCUT2D eigenvalue weighted by Gasteiger charge is 2.51. The smallest absolute Gasteiger partial charge is 0.274 e. The van der Waals surface area contributed by atoms with Crippen molar-refractivity contribution < 1.29 is 19.2 Å². The highest BCUT2D eigenvalue weighted by molar-refractivity contribution is 6.36. The van der Waals surface area contributed by atoms with Crippen molar-refractivity contribution in [1.82, 2.24) is 10.0 Å². The number of hydrogen-bond donors (Lipinski definition) is 0. The summed E-state index contributed by atoms with van der Waals surface area (Å²) in [5.74, 6) is -3.18. The molecule has 4 rings (SSSR count). The Hall–Kier alpha value is -2.96. The van der Waals surface area contributed by atoms with E-state index in [1.54, 1.807) is 12.1 Å². The van der Waals surface area contributed by atoms with Gasteiger partial charge in [0.15, 0.2) is 5.78 Å². The zero-order valence-corrected chi connectivity index (χ0v) is 20.6. The normalized spacial score (nSPS) is 19.7. The molecule has 0 N–H and O–H groups in total. The molecule has 0 unspecified atom stereocenters. The third-order valence-electron chi connectivity index (χ3n) is 6.56. The van der Waals surface area contributed by atoms with Crippen LogP contribution in [0.25, 0.3) is 0 Å². The maximum Gasteiger partial charge on any atom is 0.274 e. The Labute approximate surface area is 208 Å². The second-order valence-corrected chi connectivity index (χ2v) is 9.74. The standard InChI is InChI=1S/C26H24Cl2N2O4/c1-14-4-8-19-21(10-14)26(34)30(25(19)33)29(24(32)20-9-7-18(27)12-22(20)28)13-23(31)17-6-5-15(2)16(3)11-17/h4-7,9,11-12,19,21H,8,10,13H2,1-3H3/t19-,21+/m1/s1. The molecule has 2 atom stereocenters. The van der Waals surface area contributed by atoms with Gasteiger partial charge < -0.3 is 0 Å². The number of benzene rings is 2. The minimum atomic E-state index is -0.719. The van der Waals surface area contributed by atoms with Gasteiger partial charge >= 0.3 is 0 Å². The van der Waals surface area contributed by atoms with E-state index in [1.165, 1.54) is 18.2 Å². The molecule has 8 heteroatoms. The van der Waals surface area contributed by atoms with Crippen molar-refractivity contribution in [2.45, 2.75) is 33.6 Å². The molecule has 1 saturated heterocycles. The van der Waals surface area contributed by atoms with Crippen LogP contribution in [-0.4, -0.2) is 40.1 Å². The van der Waals surface area contributed by atoms with Crippen LogP contribution < -0.4 is 0 Å². The average Bonchev–Trinajstić information content (AvgIpc) is 3.02. The molecule has 1 aliphatic carbocycles. The molecule has 0 radical (unpaired) electrons. The third kappa shape index (κ3) is 4.40. The number of rotatable bonds is 5. The van der Waals surface area contributed by atoms with Gasteiger partial charge in [0.2, 0.25) is 0 Å². The van der Waals surface area contributed by atoms with E-state index in [9.17, 15) is 19.2 Å². The number of ketones is 1. The summed E-state index contributed by atoms with van der Waals surface area (Å²) in [5.41, 5.74) is 3.40. The second-order valence-electron chi connectivity index (χ2n) is 8.90. The van der Waals surface area contributed by atoms with Gasteiger partial charge in [0, 0.05) is 10.6 Å². The number of carbonyl (C=O) groups is 4. The number of allylic oxidation sites excluding steroid dienone is 2. The first-order valence-corrected chi connectivity index (χ1v) is 11.7. The van der Waals surface area contributed by atoms with Crippen molar-refractivity contribution in [3.63, 3.8) is 0 Å². The van der Waals surface area contributed by atoms with Crippen LogP contribution in [0.4, 0.5) is 0 Å². The molecule has 0 bridgehead atoms. The van der Waals surface area contributed by atoms with Crippen molar-refractivity contribution in [3.8, 4) is 0 Å². The highest BCUT2D eigenvalue weighted by atomic mass is 35.5. The van der Waals surface area contributed by atoms with Crippen LogP contribution in [-0.2, 0) is 9.59 Å². The minimum Gasteiger partial charge on any atom is -0.292 e. The van der Waals surface area contributed by atoms with Gasteiger partial charge in [-0.05, 0) is 69.0 Å². The average molecular weight is 499 g/mol. The van der Waals surface area contributed by atoms with Gasteiger partial charge in [-0.3, -0.25) is 19.2 Å².